The molecule has 5 aromatic rings. The molecule has 16 heteroatoms. The number of carboxylic acids is 3. The van der Waals surface area contributed by atoms with Crippen LogP contribution in [0.4, 0.5) is 0 Å². The summed E-state index contributed by atoms with van der Waals surface area (Å²) < 4.78 is 21.6. The number of nitriles is 2. The molecular formula is C74H96N2O14. The van der Waals surface area contributed by atoms with Crippen molar-refractivity contribution in [3.05, 3.63) is 171 Å². The van der Waals surface area contributed by atoms with Crippen LogP contribution in [0.5, 0.6) is 40.2 Å². The number of phenolic OH excluding ortho intramolecular Hbond substituents is 3. The highest BCUT2D eigenvalue weighted by molar-refractivity contribution is 5.82. The Bertz CT molecular complexity index is 3490. The number of benzene rings is 5. The van der Waals surface area contributed by atoms with Crippen LogP contribution in [0.25, 0.3) is 0 Å². The number of nitrogens with zero attached hydrogens (tertiary/aromatic N) is 2. The fourth-order valence-corrected chi connectivity index (χ4v) is 10.3. The molecule has 486 valence electrons. The van der Waals surface area contributed by atoms with E-state index in [1.807, 2.05) is 103 Å². The highest BCUT2D eigenvalue weighted by atomic mass is 16.5. The fraction of sp³-hybridized carbons (Fsp3) is 0.446. The minimum Gasteiger partial charge on any atom is -0.508 e. The van der Waals surface area contributed by atoms with Crippen LogP contribution in [0.3, 0.4) is 0 Å². The van der Waals surface area contributed by atoms with E-state index in [1.54, 1.807) is 67.2 Å². The number of carbonyl (C=O) groups is 3. The highest BCUT2D eigenvalue weighted by Gasteiger charge is 2.46. The number of rotatable bonds is 12. The summed E-state index contributed by atoms with van der Waals surface area (Å²) in [5.41, 5.74) is 5.78. The van der Waals surface area contributed by atoms with Gasteiger partial charge in [-0.15, -0.1) is 0 Å². The van der Waals surface area contributed by atoms with Crippen LogP contribution >= 0.6 is 0 Å². The number of phenols is 3. The van der Waals surface area contributed by atoms with E-state index in [1.165, 1.54) is 37.1 Å². The van der Waals surface area contributed by atoms with Crippen LogP contribution in [0.2, 0.25) is 0 Å². The first-order valence-corrected chi connectivity index (χ1v) is 29.8. The van der Waals surface area contributed by atoms with E-state index in [-0.39, 0.29) is 28.8 Å². The molecule has 5 aromatic carbocycles. The summed E-state index contributed by atoms with van der Waals surface area (Å²) in [5, 5.41) is 83.6. The number of carboxylic acid groups (broad SMARTS) is 3. The van der Waals surface area contributed by atoms with E-state index in [0.29, 0.717) is 40.9 Å². The highest BCUT2D eigenvalue weighted by Crippen LogP contribution is 2.55. The molecule has 8 rings (SSSR count). The van der Waals surface area contributed by atoms with Crippen LogP contribution in [0.1, 0.15) is 172 Å². The van der Waals surface area contributed by atoms with Crippen molar-refractivity contribution in [3.8, 4) is 52.4 Å². The Kier molecular flexibility index (Phi) is 26.1. The topological polar surface area (TPSA) is 277 Å². The van der Waals surface area contributed by atoms with E-state index in [9.17, 15) is 39.9 Å². The first-order chi connectivity index (χ1) is 41.5. The molecule has 0 spiro atoms. The number of allylic oxidation sites excluding steroid dienone is 4. The Balaban J connectivity index is 0.000000289. The van der Waals surface area contributed by atoms with E-state index in [0.717, 1.165) is 82.2 Å². The van der Waals surface area contributed by atoms with E-state index < -0.39 is 45.2 Å². The molecule has 0 unspecified atom stereocenters. The van der Waals surface area contributed by atoms with Crippen molar-refractivity contribution in [2.45, 2.75) is 182 Å². The Morgan fingerprint density at radius 3 is 1.52 bits per heavy atom. The number of hydrogen-bond acceptors (Lipinski definition) is 13. The van der Waals surface area contributed by atoms with Gasteiger partial charge in [0.15, 0.2) is 0 Å². The van der Waals surface area contributed by atoms with Gasteiger partial charge in [-0.05, 0) is 248 Å². The molecular weight excluding hydrogens is 1140 g/mol. The average molecular weight is 1240 g/mol. The number of fused-ring (bicyclic) bond motifs is 3. The van der Waals surface area contributed by atoms with Crippen LogP contribution < -0.4 is 18.9 Å². The van der Waals surface area contributed by atoms with Crippen molar-refractivity contribution < 1.29 is 69.1 Å². The third-order valence-corrected chi connectivity index (χ3v) is 16.7. The van der Waals surface area contributed by atoms with Gasteiger partial charge < -0.3 is 54.7 Å². The summed E-state index contributed by atoms with van der Waals surface area (Å²) in [6, 6.07) is 28.8. The van der Waals surface area contributed by atoms with Gasteiger partial charge >= 0.3 is 17.9 Å². The van der Waals surface area contributed by atoms with Gasteiger partial charge in [0.25, 0.3) is 0 Å². The maximum Gasteiger partial charge on any atom is 0.313 e. The lowest BCUT2D eigenvalue weighted by molar-refractivity contribution is -0.143. The molecule has 0 saturated carbocycles. The summed E-state index contributed by atoms with van der Waals surface area (Å²) >= 11 is 0. The second kappa shape index (κ2) is 31.1. The van der Waals surface area contributed by atoms with Gasteiger partial charge in [0.1, 0.15) is 45.8 Å². The summed E-state index contributed by atoms with van der Waals surface area (Å²) in [6.45, 7) is 33.4. The lowest BCUT2D eigenvalue weighted by Gasteiger charge is -2.47. The molecule has 2 aliphatic carbocycles. The Hall–Kier alpha value is -8.73. The average Bonchev–Trinajstić information content (AvgIpc) is 0.746. The van der Waals surface area contributed by atoms with E-state index in [4.69, 9.17) is 39.7 Å². The third-order valence-electron chi connectivity index (χ3n) is 16.7. The minimum absolute atomic E-state index is 0.144. The molecule has 3 aliphatic rings. The molecule has 16 nitrogen and oxygen atoms in total. The minimum atomic E-state index is -1.13. The second-order valence-corrected chi connectivity index (χ2v) is 26.5. The van der Waals surface area contributed by atoms with Gasteiger partial charge in [-0.2, -0.15) is 10.5 Å². The standard InChI is InChI=1S/C20H26O4.C12H15NO.C12H16O3.C10H11NO.C10H12O4.C10H16O/c1-11-6-7-14-13(8-11)17-15(21)9-12(19(2,3)18(22)23)10-16(17)24-20(14,4)5;1-9-5-10(12(2,3)8-13)7-11(6-9)14-4;1-8-5-9(7-10(6-8)15-4)12(2,3)11(13)14;1-8-5-9(3-4-11)7-10(6-8)12-2;1-10(2,9(13)14)6-3-7(11)5-8(12)4-6;1-8(2)9-4-6-10(3,11)7-5-9/h6,9-10,13-14,21H,7-8H2,1-5H3,(H,22,23);5-7H,1-4H3;5-7H,1-4H3,(H,13,14);5-7H,3H2,1-2H3;3-5,11-12H,1-2H3,(H,13,14);4,6,9,11H,1,5,7H2,2-3H3/t13-,14-;;;;;9-,10+/m1....0/s1. The van der Waals surface area contributed by atoms with Crippen molar-refractivity contribution >= 4 is 17.9 Å². The zero-order chi connectivity index (χ0) is 68.7. The van der Waals surface area contributed by atoms with E-state index >= 15 is 0 Å². The maximum atomic E-state index is 11.6. The first kappa shape index (κ1) is 75.5. The third kappa shape index (κ3) is 20.7. The van der Waals surface area contributed by atoms with Gasteiger partial charge in [0.05, 0.1) is 67.1 Å². The number of aryl methyl sites for hydroxylation is 3. The molecule has 1 aliphatic heterocycles. The zero-order valence-electron chi connectivity index (χ0n) is 56.2. The Morgan fingerprint density at radius 2 is 1.09 bits per heavy atom. The SMILES string of the molecule is C=C(C)[C@H]1C=C[C@@](C)(O)CC1.CC(C)(C(=O)O)c1cc(O)cc(O)c1.CC1=CC[C@@H]2[C@@H](C1)c1c(O)cc(C(C)(C)C(=O)O)cc1OC2(C)C.COc1cc(C)cc(C(C)(C)C#N)c1.COc1cc(C)cc(C(C)(C)C(=O)O)c1.COc1cc(C)cc(CC#N)c1. The largest absolute Gasteiger partial charge is 0.508 e. The quantitative estimate of drug-likeness (QED) is 0.0572. The van der Waals surface area contributed by atoms with Crippen molar-refractivity contribution in [1.82, 2.24) is 0 Å². The second-order valence-electron chi connectivity index (χ2n) is 26.5. The van der Waals surface area contributed by atoms with E-state index in [2.05, 4.69) is 51.6 Å². The van der Waals surface area contributed by atoms with Gasteiger partial charge in [0, 0.05) is 23.5 Å². The number of methoxy groups -OCH3 is 3. The zero-order valence-corrected chi connectivity index (χ0v) is 56.2. The summed E-state index contributed by atoms with van der Waals surface area (Å²) in [6.07, 6.45) is 10.4. The van der Waals surface area contributed by atoms with Crippen LogP contribution in [-0.4, -0.2) is 86.2 Å². The van der Waals surface area contributed by atoms with Crippen LogP contribution in [0.15, 0.2) is 121 Å². The number of aromatic hydroxyl groups is 3. The molecule has 1 heterocycles. The van der Waals surface area contributed by atoms with Gasteiger partial charge in [-0.25, -0.2) is 0 Å². The van der Waals surface area contributed by atoms with Crippen molar-refractivity contribution in [3.63, 3.8) is 0 Å². The monoisotopic (exact) mass is 1240 g/mol. The maximum absolute atomic E-state index is 11.6. The normalized spacial score (nSPS) is 17.8. The molecule has 0 radical (unpaired) electrons. The van der Waals surface area contributed by atoms with Crippen molar-refractivity contribution in [2.75, 3.05) is 21.3 Å². The van der Waals surface area contributed by atoms with Crippen molar-refractivity contribution in [1.29, 1.82) is 10.5 Å². The predicted octanol–water partition coefficient (Wildman–Crippen LogP) is 15.3. The molecule has 0 fully saturated rings. The number of aliphatic hydroxyl groups is 1. The first-order valence-electron chi connectivity index (χ1n) is 29.8. The molecule has 0 aromatic heterocycles. The number of hydrogen-bond donors (Lipinski definition) is 7. The number of aliphatic carboxylic acids is 3. The summed E-state index contributed by atoms with van der Waals surface area (Å²) in [7, 11) is 4.84. The van der Waals surface area contributed by atoms with Gasteiger partial charge in [0.2, 0.25) is 0 Å². The van der Waals surface area contributed by atoms with Gasteiger partial charge in [-0.1, -0.05) is 54.2 Å². The van der Waals surface area contributed by atoms with Crippen LogP contribution in [-0.2, 0) is 42.5 Å². The Morgan fingerprint density at radius 1 is 0.644 bits per heavy atom. The molecule has 0 bridgehead atoms. The smallest absolute Gasteiger partial charge is 0.313 e. The Labute approximate surface area is 533 Å². The summed E-state index contributed by atoms with van der Waals surface area (Å²) in [4.78, 5) is 33.5. The molecule has 90 heavy (non-hydrogen) atoms. The lowest BCUT2D eigenvalue weighted by atomic mass is 9.67. The number of ether oxygens (including phenoxy) is 4. The molecule has 7 N–H and O–H groups in total. The van der Waals surface area contributed by atoms with Gasteiger partial charge in [-0.3, -0.25) is 14.4 Å². The van der Waals surface area contributed by atoms with Crippen LogP contribution in [0, 0.1) is 55.3 Å². The molecule has 4 atom stereocenters. The fourth-order valence-electron chi connectivity index (χ4n) is 10.3. The predicted molar refractivity (Wildman–Crippen MR) is 352 cm³/mol. The van der Waals surface area contributed by atoms with Crippen molar-refractivity contribution in [2.24, 2.45) is 11.8 Å². The lowest BCUT2D eigenvalue weighted by Crippen LogP contribution is -2.45. The molecule has 0 amide bonds. The molecule has 0 saturated heterocycles. The summed E-state index contributed by atoms with van der Waals surface area (Å²) in [5.74, 6) is 1.02.